The molecule has 0 aliphatic heterocycles. The second-order valence-corrected chi connectivity index (χ2v) is 4.72. The van der Waals surface area contributed by atoms with E-state index in [0.29, 0.717) is 17.8 Å². The molecule has 0 amide bonds. The van der Waals surface area contributed by atoms with Crippen LogP contribution in [0.2, 0.25) is 0 Å². The Morgan fingerprint density at radius 2 is 1.89 bits per heavy atom. The minimum atomic E-state index is -1.01. The summed E-state index contributed by atoms with van der Waals surface area (Å²) in [4.78, 5) is 19.3. The van der Waals surface area contributed by atoms with Crippen molar-refractivity contribution >= 4 is 5.97 Å². The van der Waals surface area contributed by atoms with Gasteiger partial charge in [0.1, 0.15) is 5.82 Å². The number of carboxylic acids is 1. The van der Waals surface area contributed by atoms with Crippen molar-refractivity contribution in [2.75, 3.05) is 0 Å². The Balaban J connectivity index is 2.30. The van der Waals surface area contributed by atoms with E-state index in [9.17, 15) is 4.79 Å². The number of aryl methyl sites for hydroxylation is 3. The lowest BCUT2D eigenvalue weighted by atomic mass is 10.0. The van der Waals surface area contributed by atoms with Crippen molar-refractivity contribution in [3.8, 4) is 0 Å². The predicted molar refractivity (Wildman–Crippen MR) is 72.5 cm³/mol. The molecule has 2 aromatic rings. The van der Waals surface area contributed by atoms with Crippen LogP contribution in [0.25, 0.3) is 0 Å². The molecule has 0 saturated heterocycles. The number of carbonyl (C=O) groups is 1. The number of nitrogens with zero attached hydrogens (tertiary/aromatic N) is 2. The van der Waals surface area contributed by atoms with E-state index in [4.69, 9.17) is 5.11 Å². The van der Waals surface area contributed by atoms with Crippen molar-refractivity contribution in [2.24, 2.45) is 0 Å². The molecule has 0 bridgehead atoms. The molecule has 2 rings (SSSR count). The lowest BCUT2D eigenvalue weighted by Crippen LogP contribution is -2.08. The average Bonchev–Trinajstić information content (AvgIpc) is 2.36. The normalized spacial score (nSPS) is 10.5. The van der Waals surface area contributed by atoms with E-state index in [0.717, 1.165) is 5.56 Å². The summed E-state index contributed by atoms with van der Waals surface area (Å²) in [6.45, 7) is 5.81. The van der Waals surface area contributed by atoms with Gasteiger partial charge in [0.25, 0.3) is 0 Å². The summed E-state index contributed by atoms with van der Waals surface area (Å²) in [7, 11) is 0. The summed E-state index contributed by atoms with van der Waals surface area (Å²) >= 11 is 0. The Hall–Kier alpha value is -2.23. The lowest BCUT2D eigenvalue weighted by molar-refractivity contribution is 0.0689. The molecule has 0 aliphatic carbocycles. The summed E-state index contributed by atoms with van der Waals surface area (Å²) in [6.07, 6.45) is 2.11. The van der Waals surface area contributed by atoms with Crippen LogP contribution in [0, 0.1) is 20.8 Å². The minimum absolute atomic E-state index is 0.0776. The fraction of sp³-hybridized carbons (Fsp3) is 0.267. The molecule has 0 radical (unpaired) electrons. The summed E-state index contributed by atoms with van der Waals surface area (Å²) in [6, 6.07) is 6.15. The van der Waals surface area contributed by atoms with Gasteiger partial charge in [0.2, 0.25) is 0 Å². The Bertz CT molecular complexity index is 636. The third-order valence-electron chi connectivity index (χ3n) is 3.16. The fourth-order valence-electron chi connectivity index (χ4n) is 1.88. The standard InChI is InChI=1S/C15H16N2O2/c1-9-4-5-12(6-10(9)2)7-13-16-8-11(3)14(17-13)15(18)19/h4-6,8H,7H2,1-3H3,(H,18,19). The quantitative estimate of drug-likeness (QED) is 0.917. The average molecular weight is 256 g/mol. The largest absolute Gasteiger partial charge is 0.477 e. The van der Waals surface area contributed by atoms with Crippen LogP contribution in [-0.4, -0.2) is 21.0 Å². The fourth-order valence-corrected chi connectivity index (χ4v) is 1.88. The molecule has 4 nitrogen and oxygen atoms in total. The van der Waals surface area contributed by atoms with Crippen molar-refractivity contribution in [3.05, 3.63) is 58.2 Å². The SMILES string of the molecule is Cc1ccc(Cc2ncc(C)c(C(=O)O)n2)cc1C. The van der Waals surface area contributed by atoms with E-state index in [2.05, 4.69) is 35.9 Å². The Morgan fingerprint density at radius 1 is 1.16 bits per heavy atom. The molecule has 1 heterocycles. The number of rotatable bonds is 3. The van der Waals surface area contributed by atoms with Crippen LogP contribution in [0.1, 0.15) is 38.6 Å². The Labute approximate surface area is 112 Å². The molecule has 0 fully saturated rings. The van der Waals surface area contributed by atoms with Gasteiger partial charge in [-0.25, -0.2) is 14.8 Å². The van der Waals surface area contributed by atoms with Crippen molar-refractivity contribution < 1.29 is 9.90 Å². The van der Waals surface area contributed by atoms with Crippen LogP contribution in [0.4, 0.5) is 0 Å². The van der Waals surface area contributed by atoms with Gasteiger partial charge in [0.15, 0.2) is 5.69 Å². The second-order valence-electron chi connectivity index (χ2n) is 4.72. The molecule has 0 spiro atoms. The predicted octanol–water partition coefficient (Wildman–Crippen LogP) is 2.69. The van der Waals surface area contributed by atoms with Crippen molar-refractivity contribution in [1.82, 2.24) is 9.97 Å². The maximum Gasteiger partial charge on any atom is 0.354 e. The maximum absolute atomic E-state index is 11.0. The number of hydrogen-bond acceptors (Lipinski definition) is 3. The number of carboxylic acid groups (broad SMARTS) is 1. The van der Waals surface area contributed by atoms with Crippen LogP contribution in [-0.2, 0) is 6.42 Å². The van der Waals surface area contributed by atoms with Crippen molar-refractivity contribution in [2.45, 2.75) is 27.2 Å². The molecule has 0 unspecified atom stereocenters. The first-order valence-corrected chi connectivity index (χ1v) is 6.09. The lowest BCUT2D eigenvalue weighted by Gasteiger charge is -2.06. The summed E-state index contributed by atoms with van der Waals surface area (Å²) in [5.41, 5.74) is 4.19. The van der Waals surface area contributed by atoms with Crippen LogP contribution in [0.15, 0.2) is 24.4 Å². The highest BCUT2D eigenvalue weighted by Gasteiger charge is 2.11. The molecule has 4 heteroatoms. The molecule has 1 aromatic carbocycles. The summed E-state index contributed by atoms with van der Waals surface area (Å²) < 4.78 is 0. The van der Waals surface area contributed by atoms with Gasteiger partial charge in [-0.1, -0.05) is 18.2 Å². The zero-order chi connectivity index (χ0) is 14.0. The zero-order valence-electron chi connectivity index (χ0n) is 11.3. The van der Waals surface area contributed by atoms with Gasteiger partial charge in [-0.15, -0.1) is 0 Å². The van der Waals surface area contributed by atoms with Crippen LogP contribution >= 0.6 is 0 Å². The molecular formula is C15H16N2O2. The third kappa shape index (κ3) is 2.96. The molecule has 1 N–H and O–H groups in total. The van der Waals surface area contributed by atoms with Crippen molar-refractivity contribution in [1.29, 1.82) is 0 Å². The monoisotopic (exact) mass is 256 g/mol. The third-order valence-corrected chi connectivity index (χ3v) is 3.16. The molecule has 0 saturated carbocycles. The van der Waals surface area contributed by atoms with E-state index in [-0.39, 0.29) is 5.69 Å². The number of aromatic nitrogens is 2. The van der Waals surface area contributed by atoms with Gasteiger partial charge in [0.05, 0.1) is 0 Å². The van der Waals surface area contributed by atoms with Gasteiger partial charge in [-0.2, -0.15) is 0 Å². The topological polar surface area (TPSA) is 63.1 Å². The van der Waals surface area contributed by atoms with Crippen LogP contribution in [0.3, 0.4) is 0 Å². The zero-order valence-corrected chi connectivity index (χ0v) is 11.3. The van der Waals surface area contributed by atoms with Crippen LogP contribution < -0.4 is 0 Å². The summed E-state index contributed by atoms with van der Waals surface area (Å²) in [5.74, 6) is -0.479. The molecule has 98 valence electrons. The molecule has 19 heavy (non-hydrogen) atoms. The number of aromatic carboxylic acids is 1. The van der Waals surface area contributed by atoms with E-state index < -0.39 is 5.97 Å². The molecular weight excluding hydrogens is 240 g/mol. The van der Waals surface area contributed by atoms with Crippen molar-refractivity contribution in [3.63, 3.8) is 0 Å². The molecule has 0 atom stereocenters. The van der Waals surface area contributed by atoms with Gasteiger partial charge in [-0.3, -0.25) is 0 Å². The molecule has 0 aliphatic rings. The van der Waals surface area contributed by atoms with E-state index >= 15 is 0 Å². The Morgan fingerprint density at radius 3 is 2.53 bits per heavy atom. The van der Waals surface area contributed by atoms with E-state index in [1.165, 1.54) is 11.1 Å². The number of benzene rings is 1. The minimum Gasteiger partial charge on any atom is -0.477 e. The van der Waals surface area contributed by atoms with Gasteiger partial charge < -0.3 is 5.11 Å². The smallest absolute Gasteiger partial charge is 0.354 e. The molecule has 1 aromatic heterocycles. The maximum atomic E-state index is 11.0. The van der Waals surface area contributed by atoms with Gasteiger partial charge >= 0.3 is 5.97 Å². The van der Waals surface area contributed by atoms with Gasteiger partial charge in [-0.05, 0) is 37.5 Å². The first-order chi connectivity index (χ1) is 8.97. The van der Waals surface area contributed by atoms with E-state index in [1.54, 1.807) is 13.1 Å². The number of hydrogen-bond donors (Lipinski definition) is 1. The van der Waals surface area contributed by atoms with Crippen LogP contribution in [0.5, 0.6) is 0 Å². The second kappa shape index (κ2) is 5.18. The first-order valence-electron chi connectivity index (χ1n) is 6.09. The van der Waals surface area contributed by atoms with E-state index in [1.807, 2.05) is 6.07 Å². The highest BCUT2D eigenvalue weighted by atomic mass is 16.4. The summed E-state index contributed by atoms with van der Waals surface area (Å²) in [5, 5.41) is 9.05. The Kier molecular flexibility index (Phi) is 3.60. The highest BCUT2D eigenvalue weighted by Crippen LogP contribution is 2.13. The first kappa shape index (κ1) is 13.2. The highest BCUT2D eigenvalue weighted by molar-refractivity contribution is 5.86. The van der Waals surface area contributed by atoms with Gasteiger partial charge in [0, 0.05) is 18.2 Å².